The standard InChI is InChI=1S/C23H18N8O3/c1-14-10-11-16(21(25-14)34-24-13-30-15(2)27-28-29-30)12-17-6-5-9-20(26-17)31-22(32)18-7-3-4-8-19(18)23(31)33/h3-11,13H,12H2,1-2H3/b24-13+. The quantitative estimate of drug-likeness (QED) is 0.188. The Hall–Kier alpha value is -4.80. The molecular weight excluding hydrogens is 436 g/mol. The van der Waals surface area contributed by atoms with Gasteiger partial charge in [0, 0.05) is 23.4 Å². The van der Waals surface area contributed by atoms with E-state index in [2.05, 4.69) is 30.6 Å². The first-order chi connectivity index (χ1) is 16.5. The molecule has 34 heavy (non-hydrogen) atoms. The number of benzene rings is 1. The average Bonchev–Trinajstić information content (AvgIpc) is 3.36. The number of fused-ring (bicyclic) bond motifs is 1. The van der Waals surface area contributed by atoms with Crippen LogP contribution < -0.4 is 9.74 Å². The number of hydrogen-bond donors (Lipinski definition) is 0. The fraction of sp³-hybridized carbons (Fsp3) is 0.130. The zero-order valence-electron chi connectivity index (χ0n) is 18.3. The lowest BCUT2D eigenvalue weighted by molar-refractivity contribution is 0.0925. The van der Waals surface area contributed by atoms with Crippen molar-refractivity contribution < 1.29 is 14.4 Å². The molecule has 11 nitrogen and oxygen atoms in total. The highest BCUT2D eigenvalue weighted by Crippen LogP contribution is 2.28. The summed E-state index contributed by atoms with van der Waals surface area (Å²) in [7, 11) is 0. The van der Waals surface area contributed by atoms with Gasteiger partial charge < -0.3 is 4.84 Å². The summed E-state index contributed by atoms with van der Waals surface area (Å²) < 4.78 is 1.36. The van der Waals surface area contributed by atoms with Crippen LogP contribution >= 0.6 is 0 Å². The SMILES string of the molecule is Cc1ccc(Cc2cccc(N3C(=O)c4ccccc4C3=O)n2)c(O/N=C/n2nnnc2C)n1. The van der Waals surface area contributed by atoms with E-state index in [-0.39, 0.29) is 5.82 Å². The summed E-state index contributed by atoms with van der Waals surface area (Å²) in [5.74, 6) is 0.337. The summed E-state index contributed by atoms with van der Waals surface area (Å²) in [4.78, 5) is 41.2. The van der Waals surface area contributed by atoms with Gasteiger partial charge in [0.25, 0.3) is 17.7 Å². The van der Waals surface area contributed by atoms with Crippen LogP contribution in [0.5, 0.6) is 5.88 Å². The molecule has 1 aliphatic heterocycles. The van der Waals surface area contributed by atoms with Crippen LogP contribution in [-0.2, 0) is 6.42 Å². The van der Waals surface area contributed by atoms with Gasteiger partial charge >= 0.3 is 0 Å². The van der Waals surface area contributed by atoms with Crippen molar-refractivity contribution in [1.29, 1.82) is 0 Å². The van der Waals surface area contributed by atoms with Crippen molar-refractivity contribution in [2.24, 2.45) is 5.16 Å². The van der Waals surface area contributed by atoms with Gasteiger partial charge in [-0.15, -0.1) is 5.10 Å². The van der Waals surface area contributed by atoms with Crippen LogP contribution in [0.25, 0.3) is 0 Å². The number of imide groups is 1. The lowest BCUT2D eigenvalue weighted by Crippen LogP contribution is -2.30. The second-order valence-electron chi connectivity index (χ2n) is 7.55. The van der Waals surface area contributed by atoms with Crippen molar-refractivity contribution in [2.75, 3.05) is 4.90 Å². The Bertz CT molecular complexity index is 1410. The molecule has 4 aromatic rings. The molecule has 0 fully saturated rings. The molecule has 0 N–H and O–H groups in total. The fourth-order valence-electron chi connectivity index (χ4n) is 3.52. The second-order valence-corrected chi connectivity index (χ2v) is 7.55. The van der Waals surface area contributed by atoms with Gasteiger partial charge in [0.1, 0.15) is 5.82 Å². The minimum absolute atomic E-state index is 0.262. The molecule has 0 bridgehead atoms. The molecule has 0 spiro atoms. The monoisotopic (exact) mass is 454 g/mol. The van der Waals surface area contributed by atoms with Crippen molar-refractivity contribution >= 4 is 24.0 Å². The molecule has 3 aromatic heterocycles. The number of hydrogen-bond acceptors (Lipinski definition) is 9. The number of amides is 2. The second kappa shape index (κ2) is 8.62. The fourth-order valence-corrected chi connectivity index (χ4v) is 3.52. The first-order valence-electron chi connectivity index (χ1n) is 10.4. The molecule has 5 rings (SSSR count). The highest BCUT2D eigenvalue weighted by atomic mass is 16.6. The van der Waals surface area contributed by atoms with Crippen molar-refractivity contribution in [3.05, 3.63) is 88.5 Å². The Labute approximate surface area is 193 Å². The first-order valence-corrected chi connectivity index (χ1v) is 10.4. The van der Waals surface area contributed by atoms with Gasteiger partial charge in [0.15, 0.2) is 12.2 Å². The maximum Gasteiger partial charge on any atom is 0.267 e. The Morgan fingerprint density at radius 2 is 1.71 bits per heavy atom. The van der Waals surface area contributed by atoms with Crippen LogP contribution in [0.1, 0.15) is 43.5 Å². The van der Waals surface area contributed by atoms with E-state index in [0.717, 1.165) is 16.2 Å². The molecule has 2 amide bonds. The molecule has 168 valence electrons. The Morgan fingerprint density at radius 3 is 2.41 bits per heavy atom. The van der Waals surface area contributed by atoms with Gasteiger partial charge in [-0.3, -0.25) is 9.59 Å². The van der Waals surface area contributed by atoms with Gasteiger partial charge in [-0.2, -0.15) is 4.68 Å². The van der Waals surface area contributed by atoms with Crippen molar-refractivity contribution in [1.82, 2.24) is 30.2 Å². The smallest absolute Gasteiger partial charge is 0.267 e. The number of aromatic nitrogens is 6. The predicted octanol–water partition coefficient (Wildman–Crippen LogP) is 2.34. The molecule has 0 saturated carbocycles. The number of aryl methyl sites for hydroxylation is 2. The van der Waals surface area contributed by atoms with Gasteiger partial charge in [-0.1, -0.05) is 29.4 Å². The molecule has 0 aliphatic carbocycles. The van der Waals surface area contributed by atoms with E-state index in [1.165, 1.54) is 11.0 Å². The molecule has 0 saturated heterocycles. The van der Waals surface area contributed by atoms with E-state index in [1.54, 1.807) is 49.4 Å². The lowest BCUT2D eigenvalue weighted by Gasteiger charge is -2.14. The number of rotatable bonds is 6. The molecule has 11 heteroatoms. The number of pyridine rings is 2. The highest BCUT2D eigenvalue weighted by Gasteiger charge is 2.37. The van der Waals surface area contributed by atoms with Crippen molar-refractivity contribution in [3.8, 4) is 5.88 Å². The third-order valence-electron chi connectivity index (χ3n) is 5.22. The summed E-state index contributed by atoms with van der Waals surface area (Å²) in [5.41, 5.74) is 2.84. The van der Waals surface area contributed by atoms with Crippen LogP contribution in [0.3, 0.4) is 0 Å². The number of carbonyl (C=O) groups excluding carboxylic acids is 2. The van der Waals surface area contributed by atoms with Crippen LogP contribution in [-0.4, -0.2) is 48.3 Å². The van der Waals surface area contributed by atoms with Crippen LogP contribution in [0.15, 0.2) is 59.8 Å². The van der Waals surface area contributed by atoms with Gasteiger partial charge in [0.2, 0.25) is 0 Å². The van der Waals surface area contributed by atoms with E-state index in [4.69, 9.17) is 4.84 Å². The number of carbonyl (C=O) groups is 2. The minimum atomic E-state index is -0.390. The Kier molecular flexibility index (Phi) is 5.34. The summed E-state index contributed by atoms with van der Waals surface area (Å²) >= 11 is 0. The van der Waals surface area contributed by atoms with Crippen molar-refractivity contribution in [3.63, 3.8) is 0 Å². The molecule has 0 unspecified atom stereocenters. The van der Waals surface area contributed by atoms with Gasteiger partial charge in [-0.25, -0.2) is 14.9 Å². The first kappa shape index (κ1) is 21.1. The molecule has 1 aromatic carbocycles. The summed E-state index contributed by atoms with van der Waals surface area (Å²) in [6, 6.07) is 15.6. The van der Waals surface area contributed by atoms with Crippen LogP contribution in [0.4, 0.5) is 5.82 Å². The van der Waals surface area contributed by atoms with E-state index >= 15 is 0 Å². The normalized spacial score (nSPS) is 13.1. The van der Waals surface area contributed by atoms with Gasteiger partial charge in [-0.05, 0) is 54.6 Å². The van der Waals surface area contributed by atoms with Crippen LogP contribution in [0.2, 0.25) is 0 Å². The maximum atomic E-state index is 12.8. The zero-order valence-corrected chi connectivity index (χ0v) is 18.3. The number of tetrazole rings is 1. The average molecular weight is 454 g/mol. The minimum Gasteiger partial charge on any atom is -0.335 e. The van der Waals surface area contributed by atoms with Crippen molar-refractivity contribution in [2.45, 2.75) is 20.3 Å². The number of oxime groups is 1. The summed E-state index contributed by atoms with van der Waals surface area (Å²) in [5, 5.41) is 15.0. The predicted molar refractivity (Wildman–Crippen MR) is 121 cm³/mol. The maximum absolute atomic E-state index is 12.8. The highest BCUT2D eigenvalue weighted by molar-refractivity contribution is 6.34. The summed E-state index contributed by atoms with van der Waals surface area (Å²) in [6.45, 7) is 3.57. The molecular formula is C23H18N8O3. The Morgan fingerprint density at radius 1 is 0.941 bits per heavy atom. The lowest BCUT2D eigenvalue weighted by atomic mass is 10.1. The zero-order chi connectivity index (χ0) is 23.7. The molecule has 0 radical (unpaired) electrons. The number of nitrogens with zero attached hydrogens (tertiary/aromatic N) is 8. The molecule has 4 heterocycles. The van der Waals surface area contributed by atoms with E-state index in [1.807, 2.05) is 19.1 Å². The van der Waals surface area contributed by atoms with E-state index < -0.39 is 11.8 Å². The van der Waals surface area contributed by atoms with Crippen LogP contribution in [0, 0.1) is 13.8 Å². The largest absolute Gasteiger partial charge is 0.335 e. The van der Waals surface area contributed by atoms with Gasteiger partial charge in [0.05, 0.1) is 11.1 Å². The summed E-state index contributed by atoms with van der Waals surface area (Å²) in [6.07, 6.45) is 1.68. The third-order valence-corrected chi connectivity index (χ3v) is 5.22. The van der Waals surface area contributed by atoms with E-state index in [9.17, 15) is 9.59 Å². The molecule has 0 atom stereocenters. The topological polar surface area (TPSA) is 128 Å². The Balaban J connectivity index is 1.39. The number of anilines is 1. The van der Waals surface area contributed by atoms with E-state index in [0.29, 0.717) is 34.9 Å². The molecule has 1 aliphatic rings. The third kappa shape index (κ3) is 3.90.